The molecule has 0 aliphatic rings. The Bertz CT molecular complexity index is 602. The van der Waals surface area contributed by atoms with Gasteiger partial charge in [-0.25, -0.2) is 4.39 Å². The second-order valence-electron chi connectivity index (χ2n) is 6.59. The summed E-state index contributed by atoms with van der Waals surface area (Å²) in [7, 11) is -3.13. The summed E-state index contributed by atoms with van der Waals surface area (Å²) in [6.07, 6.45) is -7.33. The topological polar surface area (TPSA) is 19.0 Å². The van der Waals surface area contributed by atoms with Crippen molar-refractivity contribution >= 4 is 19.5 Å². The van der Waals surface area contributed by atoms with Crippen LogP contribution >= 0.6 is 19.5 Å². The first-order valence-corrected chi connectivity index (χ1v) is 12.4. The van der Waals surface area contributed by atoms with Crippen molar-refractivity contribution in [1.82, 2.24) is 14.0 Å². The zero-order valence-electron chi connectivity index (χ0n) is 18.6. The van der Waals surface area contributed by atoms with Crippen LogP contribution in [0.2, 0.25) is 5.02 Å². The molecule has 0 aliphatic carbocycles. The molecule has 0 fully saturated rings. The lowest BCUT2D eigenvalue weighted by Crippen LogP contribution is -2.48. The molecule has 0 radical (unpaired) electrons. The van der Waals surface area contributed by atoms with Gasteiger partial charge in [0.15, 0.2) is 0 Å². The Morgan fingerprint density at radius 2 is 1.27 bits per heavy atom. The van der Waals surface area contributed by atoms with Crippen molar-refractivity contribution in [3.63, 3.8) is 0 Å². The standard InChI is InChI=1S/C20H34ClF4N3OP/c1-7-26(8-2)30(27(9-3)10-4,28(11-5)12-6)29-19(20(23,24)25)18-16(21)14-13-15-17(18)22/h13-15,19H,7-12H2,1-6H3/q+1. The van der Waals surface area contributed by atoms with Crippen LogP contribution in [0.15, 0.2) is 18.2 Å². The maximum Gasteiger partial charge on any atom is 0.423 e. The molecule has 0 aliphatic heterocycles. The molecule has 0 N–H and O–H groups in total. The fourth-order valence-corrected chi connectivity index (χ4v) is 8.15. The fraction of sp³-hybridized carbons (Fsp3) is 0.700. The monoisotopic (exact) mass is 474 g/mol. The largest absolute Gasteiger partial charge is 0.423 e. The molecule has 1 aromatic rings. The van der Waals surface area contributed by atoms with Crippen LogP contribution in [-0.4, -0.2) is 59.5 Å². The van der Waals surface area contributed by atoms with E-state index in [1.807, 2.05) is 55.6 Å². The molecule has 0 spiro atoms. The van der Waals surface area contributed by atoms with Gasteiger partial charge in [-0.2, -0.15) is 17.7 Å². The Labute approximate surface area is 183 Å². The van der Waals surface area contributed by atoms with Gasteiger partial charge in [-0.05, 0) is 53.7 Å². The molecule has 0 bridgehead atoms. The third-order valence-corrected chi connectivity index (χ3v) is 9.83. The van der Waals surface area contributed by atoms with Gasteiger partial charge in [-0.15, -0.1) is 14.0 Å². The molecule has 4 nitrogen and oxygen atoms in total. The SMILES string of the molecule is CCN(CC)[P+](OC(c1c(F)cccc1Cl)C(F)(F)F)(N(CC)CC)N(CC)CC. The minimum absolute atomic E-state index is 0.297. The van der Waals surface area contributed by atoms with Crippen molar-refractivity contribution in [2.24, 2.45) is 0 Å². The molecule has 0 saturated carbocycles. The highest BCUT2D eigenvalue weighted by atomic mass is 35.5. The lowest BCUT2D eigenvalue weighted by atomic mass is 10.1. The highest BCUT2D eigenvalue weighted by Gasteiger charge is 2.62. The van der Waals surface area contributed by atoms with Crippen molar-refractivity contribution in [2.45, 2.75) is 53.8 Å². The summed E-state index contributed by atoms with van der Waals surface area (Å²) in [5.41, 5.74) is -0.664. The van der Waals surface area contributed by atoms with Crippen molar-refractivity contribution in [3.05, 3.63) is 34.6 Å². The van der Waals surface area contributed by atoms with Gasteiger partial charge >= 0.3 is 14.1 Å². The first-order chi connectivity index (χ1) is 14.1. The number of alkyl halides is 3. The summed E-state index contributed by atoms with van der Waals surface area (Å²) < 4.78 is 69.5. The summed E-state index contributed by atoms with van der Waals surface area (Å²) in [5, 5.41) is -0.297. The predicted octanol–water partition coefficient (Wildman–Crippen LogP) is 6.80. The number of halogens is 5. The Balaban J connectivity index is 3.83. The summed E-state index contributed by atoms with van der Waals surface area (Å²) in [4.78, 5) is 0. The molecule has 1 atom stereocenters. The van der Waals surface area contributed by atoms with E-state index in [0.717, 1.165) is 6.07 Å². The third kappa shape index (κ3) is 5.64. The maximum absolute atomic E-state index is 14.6. The zero-order chi connectivity index (χ0) is 23.1. The lowest BCUT2D eigenvalue weighted by Gasteiger charge is -2.45. The molecule has 30 heavy (non-hydrogen) atoms. The predicted molar refractivity (Wildman–Crippen MR) is 117 cm³/mol. The Kier molecular flexibility index (Phi) is 11.0. The molecule has 1 unspecified atom stereocenters. The molecule has 0 heterocycles. The van der Waals surface area contributed by atoms with Crippen molar-refractivity contribution < 1.29 is 22.1 Å². The lowest BCUT2D eigenvalue weighted by molar-refractivity contribution is -0.202. The van der Waals surface area contributed by atoms with Gasteiger partial charge in [0.1, 0.15) is 5.82 Å². The Morgan fingerprint density at radius 1 is 0.867 bits per heavy atom. The maximum atomic E-state index is 14.6. The van der Waals surface area contributed by atoms with Crippen molar-refractivity contribution in [1.29, 1.82) is 0 Å². The molecule has 1 aromatic carbocycles. The van der Waals surface area contributed by atoms with E-state index in [0.29, 0.717) is 39.3 Å². The number of rotatable bonds is 12. The van der Waals surface area contributed by atoms with Crippen LogP contribution in [0.4, 0.5) is 17.6 Å². The summed E-state index contributed by atoms with van der Waals surface area (Å²) in [5.74, 6) is -1.03. The highest BCUT2D eigenvalue weighted by molar-refractivity contribution is 7.64. The highest BCUT2D eigenvalue weighted by Crippen LogP contribution is 2.71. The number of hydrogen-bond acceptors (Lipinski definition) is 4. The van der Waals surface area contributed by atoms with E-state index in [-0.39, 0.29) is 5.02 Å². The van der Waals surface area contributed by atoms with Crippen LogP contribution in [-0.2, 0) is 4.52 Å². The van der Waals surface area contributed by atoms with Crippen LogP contribution in [0.25, 0.3) is 0 Å². The van der Waals surface area contributed by atoms with E-state index in [2.05, 4.69) is 0 Å². The smallest absolute Gasteiger partial charge is 0.207 e. The second-order valence-corrected chi connectivity index (χ2v) is 9.93. The van der Waals surface area contributed by atoms with E-state index in [1.54, 1.807) is 0 Å². The van der Waals surface area contributed by atoms with Crippen LogP contribution in [0, 0.1) is 5.82 Å². The average molecular weight is 475 g/mol. The molecule has 0 saturated heterocycles. The third-order valence-electron chi connectivity index (χ3n) is 5.10. The van der Waals surface area contributed by atoms with Crippen molar-refractivity contribution in [3.8, 4) is 0 Å². The molecule has 0 amide bonds. The van der Waals surface area contributed by atoms with Crippen LogP contribution in [0.1, 0.15) is 53.2 Å². The molecule has 0 aromatic heterocycles. The van der Waals surface area contributed by atoms with E-state index in [4.69, 9.17) is 16.1 Å². The Hall–Kier alpha value is -0.500. The number of hydrogen-bond donors (Lipinski definition) is 0. The van der Waals surface area contributed by atoms with Crippen LogP contribution in [0.3, 0.4) is 0 Å². The summed E-state index contributed by atoms with van der Waals surface area (Å²) in [6.45, 7) is 14.3. The van der Waals surface area contributed by atoms with Gasteiger partial charge in [-0.1, -0.05) is 17.7 Å². The normalized spacial score (nSPS) is 14.2. The van der Waals surface area contributed by atoms with Gasteiger partial charge in [0, 0.05) is 49.9 Å². The van der Waals surface area contributed by atoms with Crippen molar-refractivity contribution in [2.75, 3.05) is 39.3 Å². The van der Waals surface area contributed by atoms with E-state index >= 15 is 0 Å². The van der Waals surface area contributed by atoms with Gasteiger partial charge in [0.2, 0.25) is 6.10 Å². The molecular formula is C20H34ClF4N3OP+. The fourth-order valence-electron chi connectivity index (χ4n) is 3.69. The van der Waals surface area contributed by atoms with Crippen LogP contribution < -0.4 is 0 Å². The van der Waals surface area contributed by atoms with Gasteiger partial charge < -0.3 is 0 Å². The van der Waals surface area contributed by atoms with Gasteiger partial charge in [0.05, 0.1) is 0 Å². The summed E-state index contributed by atoms with van der Waals surface area (Å²) >= 11 is 6.05. The van der Waals surface area contributed by atoms with Crippen LogP contribution in [0.5, 0.6) is 0 Å². The number of nitrogens with zero attached hydrogens (tertiary/aromatic N) is 3. The molecule has 174 valence electrons. The van der Waals surface area contributed by atoms with E-state index in [1.165, 1.54) is 12.1 Å². The van der Waals surface area contributed by atoms with E-state index in [9.17, 15) is 17.6 Å². The minimum Gasteiger partial charge on any atom is -0.207 e. The molecule has 10 heteroatoms. The zero-order valence-corrected chi connectivity index (χ0v) is 20.3. The van der Waals surface area contributed by atoms with Gasteiger partial charge in [-0.3, -0.25) is 0 Å². The summed E-state index contributed by atoms with van der Waals surface area (Å²) in [6, 6.07) is 3.53. The quantitative estimate of drug-likeness (QED) is 0.245. The first kappa shape index (κ1) is 27.5. The van der Waals surface area contributed by atoms with Gasteiger partial charge in [0.25, 0.3) is 0 Å². The second kappa shape index (κ2) is 11.9. The molecular weight excluding hydrogens is 441 g/mol. The number of benzene rings is 1. The molecule has 1 rings (SSSR count). The minimum atomic E-state index is -4.84. The first-order valence-electron chi connectivity index (χ1n) is 10.4. The average Bonchev–Trinajstić information content (AvgIpc) is 2.68. The van der Waals surface area contributed by atoms with E-state index < -0.39 is 31.6 Å². The Morgan fingerprint density at radius 3 is 1.57 bits per heavy atom.